The van der Waals surface area contributed by atoms with Crippen molar-refractivity contribution < 1.29 is 10.2 Å². The van der Waals surface area contributed by atoms with E-state index in [-0.39, 0.29) is 11.5 Å². The first-order valence-electron chi connectivity index (χ1n) is 8.86. The van der Waals surface area contributed by atoms with Crippen LogP contribution in [0.5, 0.6) is 11.5 Å². The molecule has 0 saturated heterocycles. The number of hydrogen-bond donors (Lipinski definition) is 2. The van der Waals surface area contributed by atoms with Gasteiger partial charge in [0.25, 0.3) is 0 Å². The summed E-state index contributed by atoms with van der Waals surface area (Å²) in [7, 11) is 0. The molecule has 0 bridgehead atoms. The molecule has 2 nitrogen and oxygen atoms in total. The molecule has 3 heteroatoms. The van der Waals surface area contributed by atoms with Gasteiger partial charge in [0.15, 0.2) is 0 Å². The van der Waals surface area contributed by atoms with E-state index in [0.29, 0.717) is 22.6 Å². The van der Waals surface area contributed by atoms with Gasteiger partial charge in [-0.1, -0.05) is 46.5 Å². The van der Waals surface area contributed by atoms with Crippen LogP contribution in [0.15, 0.2) is 41.0 Å². The zero-order valence-corrected chi connectivity index (χ0v) is 16.9. The Morgan fingerprint density at radius 1 is 0.960 bits per heavy atom. The molecule has 0 aliphatic rings. The van der Waals surface area contributed by atoms with Gasteiger partial charge >= 0.3 is 0 Å². The van der Waals surface area contributed by atoms with Crippen molar-refractivity contribution in [2.24, 2.45) is 0 Å². The summed E-state index contributed by atoms with van der Waals surface area (Å²) in [6, 6.07) is 1.60. The predicted molar refractivity (Wildman–Crippen MR) is 109 cm³/mol. The first kappa shape index (κ1) is 21.4. The van der Waals surface area contributed by atoms with E-state index in [0.717, 1.165) is 25.7 Å². The van der Waals surface area contributed by atoms with Crippen molar-refractivity contribution in [1.82, 2.24) is 0 Å². The summed E-state index contributed by atoms with van der Waals surface area (Å²) >= 11 is 6.06. The normalized spacial score (nSPS) is 12.4. The van der Waals surface area contributed by atoms with E-state index in [1.165, 1.54) is 16.7 Å². The van der Waals surface area contributed by atoms with Gasteiger partial charge in [0.1, 0.15) is 11.5 Å². The van der Waals surface area contributed by atoms with Gasteiger partial charge in [0, 0.05) is 5.56 Å². The molecule has 0 unspecified atom stereocenters. The van der Waals surface area contributed by atoms with Crippen LogP contribution in [0, 0.1) is 6.92 Å². The molecule has 0 heterocycles. The molecule has 25 heavy (non-hydrogen) atoms. The van der Waals surface area contributed by atoms with Crippen molar-refractivity contribution in [3.05, 3.63) is 57.2 Å². The smallest absolute Gasteiger partial charge is 0.141 e. The van der Waals surface area contributed by atoms with Gasteiger partial charge in [-0.3, -0.25) is 0 Å². The molecular weight excluding hydrogens is 332 g/mol. The number of halogens is 1. The summed E-state index contributed by atoms with van der Waals surface area (Å²) in [4.78, 5) is 0. The number of phenols is 2. The monoisotopic (exact) mass is 362 g/mol. The van der Waals surface area contributed by atoms with Gasteiger partial charge in [-0.15, -0.1) is 0 Å². The fraction of sp³-hybridized carbons (Fsp3) is 0.455. The Hall–Kier alpha value is -1.67. The maximum Gasteiger partial charge on any atom is 0.141 e. The number of allylic oxidation sites excluding steroid dienone is 6. The van der Waals surface area contributed by atoms with Crippen molar-refractivity contribution in [3.8, 4) is 11.5 Å². The predicted octanol–water partition coefficient (Wildman–Crippen LogP) is 7.02. The molecule has 1 rings (SSSR count). The van der Waals surface area contributed by atoms with E-state index in [9.17, 15) is 10.2 Å². The highest BCUT2D eigenvalue weighted by molar-refractivity contribution is 6.33. The van der Waals surface area contributed by atoms with Gasteiger partial charge in [0.2, 0.25) is 0 Å². The molecule has 0 amide bonds. The Labute approximate surface area is 157 Å². The summed E-state index contributed by atoms with van der Waals surface area (Å²) in [5.74, 6) is 0.0803. The molecule has 138 valence electrons. The van der Waals surface area contributed by atoms with Crippen LogP contribution >= 0.6 is 11.6 Å². The molecule has 0 fully saturated rings. The Bertz CT molecular complexity index is 678. The molecular formula is C22H31ClO2. The molecule has 0 aliphatic heterocycles. The summed E-state index contributed by atoms with van der Waals surface area (Å²) < 4.78 is 0. The number of aryl methyl sites for hydroxylation is 1. The van der Waals surface area contributed by atoms with E-state index in [1.54, 1.807) is 13.0 Å². The zero-order valence-electron chi connectivity index (χ0n) is 16.1. The van der Waals surface area contributed by atoms with Crippen molar-refractivity contribution in [3.63, 3.8) is 0 Å². The molecule has 1 aromatic carbocycles. The molecule has 0 spiro atoms. The number of rotatable bonds is 8. The average Bonchev–Trinajstić information content (AvgIpc) is 2.52. The molecule has 0 saturated carbocycles. The molecule has 0 aliphatic carbocycles. The Morgan fingerprint density at radius 2 is 1.52 bits per heavy atom. The third-order valence-electron chi connectivity index (χ3n) is 4.28. The third kappa shape index (κ3) is 7.39. The molecule has 2 N–H and O–H groups in total. The van der Waals surface area contributed by atoms with E-state index >= 15 is 0 Å². The zero-order chi connectivity index (χ0) is 19.0. The van der Waals surface area contributed by atoms with Crippen LogP contribution in [-0.2, 0) is 6.42 Å². The van der Waals surface area contributed by atoms with Crippen molar-refractivity contribution in [1.29, 1.82) is 0 Å². The lowest BCUT2D eigenvalue weighted by Gasteiger charge is -2.10. The Balaban J connectivity index is 2.58. The largest absolute Gasteiger partial charge is 0.508 e. The van der Waals surface area contributed by atoms with Crippen LogP contribution in [0.4, 0.5) is 0 Å². The second-order valence-corrected chi connectivity index (χ2v) is 7.40. The van der Waals surface area contributed by atoms with Crippen LogP contribution in [0.2, 0.25) is 5.02 Å². The van der Waals surface area contributed by atoms with Gasteiger partial charge < -0.3 is 10.2 Å². The quantitative estimate of drug-likeness (QED) is 0.487. The summed E-state index contributed by atoms with van der Waals surface area (Å²) in [5.41, 5.74) is 5.20. The SMILES string of the molecule is CC(C)=CCC/C(C)=C/CC/C(C)=C/Cc1c(O)cc(C)c(Cl)c1O. The summed E-state index contributed by atoms with van der Waals surface area (Å²) in [6.07, 6.45) is 11.3. The minimum absolute atomic E-state index is 0.0155. The first-order valence-corrected chi connectivity index (χ1v) is 9.24. The van der Waals surface area contributed by atoms with Gasteiger partial charge in [-0.2, -0.15) is 0 Å². The van der Waals surface area contributed by atoms with E-state index in [2.05, 4.69) is 39.8 Å². The number of aromatic hydroxyl groups is 2. The van der Waals surface area contributed by atoms with Gasteiger partial charge in [-0.05, 0) is 78.4 Å². The molecule has 0 radical (unpaired) electrons. The van der Waals surface area contributed by atoms with E-state index in [1.807, 2.05) is 6.08 Å². The fourth-order valence-corrected chi connectivity index (χ4v) is 2.78. The van der Waals surface area contributed by atoms with Crippen molar-refractivity contribution >= 4 is 11.6 Å². The Morgan fingerprint density at radius 3 is 2.12 bits per heavy atom. The third-order valence-corrected chi connectivity index (χ3v) is 4.76. The number of hydrogen-bond acceptors (Lipinski definition) is 2. The topological polar surface area (TPSA) is 40.5 Å². The average molecular weight is 363 g/mol. The lowest BCUT2D eigenvalue weighted by molar-refractivity contribution is 0.440. The molecule has 0 aromatic heterocycles. The lowest BCUT2D eigenvalue weighted by atomic mass is 10.0. The fourth-order valence-electron chi connectivity index (χ4n) is 2.61. The highest BCUT2D eigenvalue weighted by Gasteiger charge is 2.13. The Kier molecular flexibility index (Phi) is 8.85. The van der Waals surface area contributed by atoms with Crippen LogP contribution in [0.3, 0.4) is 0 Å². The van der Waals surface area contributed by atoms with Crippen LogP contribution in [0.25, 0.3) is 0 Å². The van der Waals surface area contributed by atoms with Crippen LogP contribution in [0.1, 0.15) is 64.5 Å². The molecule has 0 atom stereocenters. The number of phenolic OH excluding ortho intramolecular Hbond substituents is 2. The van der Waals surface area contributed by atoms with Crippen molar-refractivity contribution in [2.75, 3.05) is 0 Å². The summed E-state index contributed by atoms with van der Waals surface area (Å²) in [6.45, 7) is 10.3. The summed E-state index contributed by atoms with van der Waals surface area (Å²) in [5, 5.41) is 20.4. The highest BCUT2D eigenvalue weighted by Crippen LogP contribution is 2.37. The first-order chi connectivity index (χ1) is 11.7. The van der Waals surface area contributed by atoms with Crippen molar-refractivity contribution in [2.45, 2.75) is 66.7 Å². The van der Waals surface area contributed by atoms with E-state index in [4.69, 9.17) is 11.6 Å². The van der Waals surface area contributed by atoms with E-state index < -0.39 is 0 Å². The van der Waals surface area contributed by atoms with Crippen LogP contribution < -0.4 is 0 Å². The minimum Gasteiger partial charge on any atom is -0.508 e. The van der Waals surface area contributed by atoms with Gasteiger partial charge in [0.05, 0.1) is 5.02 Å². The maximum absolute atomic E-state index is 10.1. The number of benzene rings is 1. The van der Waals surface area contributed by atoms with Gasteiger partial charge in [-0.25, -0.2) is 0 Å². The van der Waals surface area contributed by atoms with Crippen LogP contribution in [-0.4, -0.2) is 10.2 Å². The lowest BCUT2D eigenvalue weighted by Crippen LogP contribution is -1.89. The standard InChI is InChI=1S/C22H31ClO2/c1-15(2)8-6-9-16(3)10-7-11-17(4)12-13-19-20(24)14-18(5)21(23)22(19)25/h8,10,12,14,24-25H,6-7,9,11,13H2,1-5H3/b16-10+,17-12+. The maximum atomic E-state index is 10.1. The minimum atomic E-state index is -0.0155. The highest BCUT2D eigenvalue weighted by atomic mass is 35.5. The molecule has 1 aromatic rings. The second-order valence-electron chi connectivity index (χ2n) is 7.02. The second kappa shape index (κ2) is 10.4.